The molecule has 2 N–H and O–H groups in total. The number of morpholine rings is 1. The number of amides is 1. The molecule has 7 nitrogen and oxygen atoms in total. The fourth-order valence-corrected chi connectivity index (χ4v) is 3.27. The van der Waals surface area contributed by atoms with E-state index in [4.69, 9.17) is 16.3 Å². The van der Waals surface area contributed by atoms with Crippen LogP contribution in [0.3, 0.4) is 0 Å². The van der Waals surface area contributed by atoms with Crippen LogP contribution in [0.5, 0.6) is 0 Å². The second-order valence-electron chi connectivity index (χ2n) is 6.15. The van der Waals surface area contributed by atoms with E-state index >= 15 is 0 Å². The van der Waals surface area contributed by atoms with E-state index in [1.807, 2.05) is 0 Å². The highest BCUT2D eigenvalue weighted by Gasteiger charge is 2.40. The molecule has 0 aliphatic carbocycles. The van der Waals surface area contributed by atoms with Gasteiger partial charge in [-0.1, -0.05) is 11.6 Å². The van der Waals surface area contributed by atoms with Crippen molar-refractivity contribution in [2.45, 2.75) is 12.0 Å². The SMILES string of the molecule is O=C(c1c[nH]c(=O)c(Cl)c1)N1CCC(O)(CN2CCOCC2)C1. The van der Waals surface area contributed by atoms with Gasteiger partial charge in [-0.3, -0.25) is 14.5 Å². The van der Waals surface area contributed by atoms with E-state index in [1.54, 1.807) is 4.90 Å². The van der Waals surface area contributed by atoms with Gasteiger partial charge in [-0.15, -0.1) is 0 Å². The molecule has 1 aromatic heterocycles. The first-order chi connectivity index (χ1) is 11.0. The van der Waals surface area contributed by atoms with Gasteiger partial charge in [-0.25, -0.2) is 0 Å². The number of pyridine rings is 1. The van der Waals surface area contributed by atoms with Gasteiger partial charge in [0, 0.05) is 32.4 Å². The zero-order valence-electron chi connectivity index (χ0n) is 12.8. The number of nitrogens with zero attached hydrogens (tertiary/aromatic N) is 2. The summed E-state index contributed by atoms with van der Waals surface area (Å²) in [7, 11) is 0. The number of nitrogens with one attached hydrogen (secondary N) is 1. The van der Waals surface area contributed by atoms with E-state index in [9.17, 15) is 14.7 Å². The maximum Gasteiger partial charge on any atom is 0.266 e. The Morgan fingerprint density at radius 1 is 1.39 bits per heavy atom. The predicted octanol–water partition coefficient (Wildman–Crippen LogP) is -0.0625. The van der Waals surface area contributed by atoms with Gasteiger partial charge < -0.3 is 19.7 Å². The first-order valence-corrected chi connectivity index (χ1v) is 8.05. The number of hydrogen-bond acceptors (Lipinski definition) is 5. The van der Waals surface area contributed by atoms with Crippen LogP contribution in [0, 0.1) is 0 Å². The number of rotatable bonds is 3. The molecule has 0 saturated carbocycles. The van der Waals surface area contributed by atoms with Gasteiger partial charge >= 0.3 is 0 Å². The molecule has 0 aromatic carbocycles. The lowest BCUT2D eigenvalue weighted by molar-refractivity contribution is -0.0257. The molecule has 2 aliphatic rings. The second-order valence-corrected chi connectivity index (χ2v) is 6.56. The molecule has 0 radical (unpaired) electrons. The van der Waals surface area contributed by atoms with Crippen LogP contribution in [0.15, 0.2) is 17.1 Å². The van der Waals surface area contributed by atoms with E-state index in [0.29, 0.717) is 38.3 Å². The van der Waals surface area contributed by atoms with Crippen molar-refractivity contribution in [2.75, 3.05) is 45.9 Å². The molecule has 2 fully saturated rings. The van der Waals surface area contributed by atoms with Gasteiger partial charge in [0.1, 0.15) is 5.02 Å². The number of carbonyl (C=O) groups is 1. The van der Waals surface area contributed by atoms with Crippen molar-refractivity contribution in [3.8, 4) is 0 Å². The quantitative estimate of drug-likeness (QED) is 0.804. The standard InChI is InChI=1S/C15H20ClN3O4/c16-12-7-11(8-17-13(12)20)14(21)19-2-1-15(22,10-19)9-18-3-5-23-6-4-18/h7-8,22H,1-6,9-10H2,(H,17,20). The Bertz CT molecular complexity index is 644. The van der Waals surface area contributed by atoms with Crippen molar-refractivity contribution in [3.05, 3.63) is 33.2 Å². The van der Waals surface area contributed by atoms with Crippen molar-refractivity contribution >= 4 is 17.5 Å². The third kappa shape index (κ3) is 3.74. The lowest BCUT2D eigenvalue weighted by Crippen LogP contribution is -2.49. The zero-order chi connectivity index (χ0) is 16.4. The Labute approximate surface area is 138 Å². The molecule has 1 amide bonds. The molecular weight excluding hydrogens is 322 g/mol. The highest BCUT2D eigenvalue weighted by Crippen LogP contribution is 2.24. The molecule has 0 bridgehead atoms. The third-order valence-electron chi connectivity index (χ3n) is 4.35. The Balaban J connectivity index is 1.64. The zero-order valence-corrected chi connectivity index (χ0v) is 13.5. The average Bonchev–Trinajstić information content (AvgIpc) is 2.92. The summed E-state index contributed by atoms with van der Waals surface area (Å²) in [6.45, 7) is 4.24. The summed E-state index contributed by atoms with van der Waals surface area (Å²) in [5, 5.41) is 10.7. The normalized spacial score (nSPS) is 25.7. The maximum absolute atomic E-state index is 12.5. The monoisotopic (exact) mass is 341 g/mol. The fraction of sp³-hybridized carbons (Fsp3) is 0.600. The average molecular weight is 342 g/mol. The van der Waals surface area contributed by atoms with Gasteiger partial charge in [0.25, 0.3) is 11.5 Å². The number of aromatic nitrogens is 1. The van der Waals surface area contributed by atoms with E-state index in [0.717, 1.165) is 13.1 Å². The molecular formula is C15H20ClN3O4. The Hall–Kier alpha value is -1.41. The van der Waals surface area contributed by atoms with Crippen molar-refractivity contribution in [1.82, 2.24) is 14.8 Å². The van der Waals surface area contributed by atoms with Gasteiger partial charge in [0.15, 0.2) is 0 Å². The van der Waals surface area contributed by atoms with Crippen LogP contribution in [0.1, 0.15) is 16.8 Å². The minimum atomic E-state index is -0.904. The molecule has 2 aliphatic heterocycles. The van der Waals surface area contributed by atoms with Gasteiger partial charge in [-0.05, 0) is 12.5 Å². The van der Waals surface area contributed by atoms with Crippen LogP contribution in [0.2, 0.25) is 5.02 Å². The third-order valence-corrected chi connectivity index (χ3v) is 4.63. The van der Waals surface area contributed by atoms with Crippen LogP contribution in [-0.2, 0) is 4.74 Å². The largest absolute Gasteiger partial charge is 0.387 e. The summed E-state index contributed by atoms with van der Waals surface area (Å²) in [5.74, 6) is -0.235. The lowest BCUT2D eigenvalue weighted by atomic mass is 10.0. The maximum atomic E-state index is 12.5. The summed E-state index contributed by atoms with van der Waals surface area (Å²) in [6.07, 6.45) is 1.89. The predicted molar refractivity (Wildman–Crippen MR) is 84.8 cm³/mol. The summed E-state index contributed by atoms with van der Waals surface area (Å²) >= 11 is 5.77. The molecule has 23 heavy (non-hydrogen) atoms. The van der Waals surface area contributed by atoms with Crippen LogP contribution in [0.4, 0.5) is 0 Å². The van der Waals surface area contributed by atoms with Crippen molar-refractivity contribution < 1.29 is 14.6 Å². The van der Waals surface area contributed by atoms with E-state index in [2.05, 4.69) is 9.88 Å². The van der Waals surface area contributed by atoms with Crippen LogP contribution < -0.4 is 5.56 Å². The number of halogens is 1. The molecule has 8 heteroatoms. The van der Waals surface area contributed by atoms with Gasteiger partial charge in [0.2, 0.25) is 0 Å². The lowest BCUT2D eigenvalue weighted by Gasteiger charge is -2.33. The second kappa shape index (κ2) is 6.60. The molecule has 3 heterocycles. The number of H-pyrrole nitrogens is 1. The number of likely N-dealkylation sites (tertiary alicyclic amines) is 1. The molecule has 2 saturated heterocycles. The van der Waals surface area contributed by atoms with Gasteiger partial charge in [0.05, 0.1) is 30.9 Å². The van der Waals surface area contributed by atoms with Crippen LogP contribution in [0.25, 0.3) is 0 Å². The van der Waals surface area contributed by atoms with Crippen LogP contribution >= 0.6 is 11.6 Å². The molecule has 3 rings (SSSR count). The van der Waals surface area contributed by atoms with Crippen molar-refractivity contribution in [2.24, 2.45) is 0 Å². The summed E-state index contributed by atoms with van der Waals surface area (Å²) in [4.78, 5) is 30.0. The topological polar surface area (TPSA) is 85.9 Å². The molecule has 0 spiro atoms. The highest BCUT2D eigenvalue weighted by atomic mass is 35.5. The summed E-state index contributed by atoms with van der Waals surface area (Å²) < 4.78 is 5.31. The van der Waals surface area contributed by atoms with E-state index in [-0.39, 0.29) is 17.5 Å². The van der Waals surface area contributed by atoms with Gasteiger partial charge in [-0.2, -0.15) is 0 Å². The number of carbonyl (C=O) groups excluding carboxylic acids is 1. The first-order valence-electron chi connectivity index (χ1n) is 7.67. The molecule has 126 valence electrons. The Morgan fingerprint density at radius 3 is 2.83 bits per heavy atom. The number of hydrogen-bond donors (Lipinski definition) is 2. The molecule has 1 unspecified atom stereocenters. The first kappa shape index (κ1) is 16.4. The molecule has 1 aromatic rings. The molecule has 1 atom stereocenters. The fourth-order valence-electron chi connectivity index (χ4n) is 3.10. The summed E-state index contributed by atoms with van der Waals surface area (Å²) in [5.41, 5.74) is -1.00. The minimum absolute atomic E-state index is 0.0152. The summed E-state index contributed by atoms with van der Waals surface area (Å²) in [6, 6.07) is 1.36. The van der Waals surface area contributed by atoms with E-state index < -0.39 is 11.2 Å². The minimum Gasteiger partial charge on any atom is -0.387 e. The Kier molecular flexibility index (Phi) is 4.72. The van der Waals surface area contributed by atoms with Crippen molar-refractivity contribution in [3.63, 3.8) is 0 Å². The van der Waals surface area contributed by atoms with E-state index in [1.165, 1.54) is 12.3 Å². The number of aromatic amines is 1. The van der Waals surface area contributed by atoms with Crippen molar-refractivity contribution in [1.29, 1.82) is 0 Å². The number of aliphatic hydroxyl groups is 1. The number of ether oxygens (including phenoxy) is 1. The smallest absolute Gasteiger partial charge is 0.266 e. The highest BCUT2D eigenvalue weighted by molar-refractivity contribution is 6.30. The Morgan fingerprint density at radius 2 is 2.13 bits per heavy atom. The number of β-amino-alcohol motifs (C(OH)–C–C–N with tert-alkyl or cyclic N) is 1. The van der Waals surface area contributed by atoms with Crippen LogP contribution in [-0.4, -0.2) is 77.3 Å².